The molecule has 1 aliphatic heterocycles. The molecule has 0 unspecified atom stereocenters. The van der Waals surface area contributed by atoms with Gasteiger partial charge in [0.25, 0.3) is 0 Å². The lowest BCUT2D eigenvalue weighted by atomic mass is 10.1. The molecular weight excluding hydrogens is 342 g/mol. The fourth-order valence-electron chi connectivity index (χ4n) is 3.16. The van der Waals surface area contributed by atoms with Crippen LogP contribution in [0.2, 0.25) is 0 Å². The van der Waals surface area contributed by atoms with Crippen LogP contribution in [0.25, 0.3) is 0 Å². The number of likely N-dealkylation sites (N-methyl/N-ethyl adjacent to an activating group) is 1. The fraction of sp³-hybridized carbons (Fsp3) is 0.500. The minimum atomic E-state index is 0.748. The number of nitrogens with one attached hydrogen (secondary N) is 1. The van der Waals surface area contributed by atoms with Crippen molar-refractivity contribution in [2.24, 2.45) is 0 Å². The number of hydrogen-bond donors (Lipinski definition) is 1. The number of piperazine rings is 1. The molecule has 2 aromatic rings. The average Bonchev–Trinajstić information content (AvgIpc) is 2.68. The zero-order valence-electron chi connectivity index (χ0n) is 16.7. The van der Waals surface area contributed by atoms with Gasteiger partial charge < -0.3 is 24.6 Å². The SMILES string of the molecule is COc1ccc(CCNc2cc(C)nc(N3CCN(C)CC3)n2)cc1OC. The molecule has 0 amide bonds. The van der Waals surface area contributed by atoms with E-state index in [1.807, 2.05) is 25.1 Å². The van der Waals surface area contributed by atoms with Gasteiger partial charge in [-0.15, -0.1) is 0 Å². The summed E-state index contributed by atoms with van der Waals surface area (Å²) in [6, 6.07) is 8.01. The van der Waals surface area contributed by atoms with Crippen LogP contribution in [-0.4, -0.2) is 68.9 Å². The molecule has 0 atom stereocenters. The normalized spacial score (nSPS) is 14.9. The maximum Gasteiger partial charge on any atom is 0.227 e. The molecule has 1 aromatic heterocycles. The van der Waals surface area contributed by atoms with Crippen molar-refractivity contribution in [1.29, 1.82) is 0 Å². The summed E-state index contributed by atoms with van der Waals surface area (Å²) < 4.78 is 10.7. The predicted molar refractivity (Wildman–Crippen MR) is 108 cm³/mol. The molecule has 0 spiro atoms. The standard InChI is InChI=1S/C20H29N5O2/c1-15-13-19(23-20(22-15)25-11-9-24(2)10-12-25)21-8-7-16-5-6-17(26-3)18(14-16)27-4/h5-6,13-14H,7-12H2,1-4H3,(H,21,22,23). The van der Waals surface area contributed by atoms with Gasteiger partial charge in [0.2, 0.25) is 5.95 Å². The molecule has 1 N–H and O–H groups in total. The molecule has 0 aliphatic carbocycles. The Morgan fingerprint density at radius 2 is 1.74 bits per heavy atom. The van der Waals surface area contributed by atoms with Gasteiger partial charge in [-0.1, -0.05) is 6.07 Å². The molecule has 0 bridgehead atoms. The van der Waals surface area contributed by atoms with Crippen molar-refractivity contribution < 1.29 is 9.47 Å². The van der Waals surface area contributed by atoms with Crippen LogP contribution in [0.5, 0.6) is 11.5 Å². The lowest BCUT2D eigenvalue weighted by Gasteiger charge is -2.32. The number of ether oxygens (including phenoxy) is 2. The lowest BCUT2D eigenvalue weighted by Crippen LogP contribution is -2.45. The molecule has 7 heteroatoms. The third-order valence-electron chi connectivity index (χ3n) is 4.80. The molecule has 0 saturated carbocycles. The van der Waals surface area contributed by atoms with E-state index in [1.54, 1.807) is 14.2 Å². The fourth-order valence-corrected chi connectivity index (χ4v) is 3.16. The minimum absolute atomic E-state index is 0.748. The Hall–Kier alpha value is -2.54. The van der Waals surface area contributed by atoms with E-state index >= 15 is 0 Å². The molecule has 1 fully saturated rings. The van der Waals surface area contributed by atoms with Crippen LogP contribution < -0.4 is 19.7 Å². The third kappa shape index (κ3) is 5.01. The molecule has 7 nitrogen and oxygen atoms in total. The molecule has 27 heavy (non-hydrogen) atoms. The lowest BCUT2D eigenvalue weighted by molar-refractivity contribution is 0.311. The molecule has 1 aliphatic rings. The van der Waals surface area contributed by atoms with Crippen LogP contribution in [0.15, 0.2) is 24.3 Å². The minimum Gasteiger partial charge on any atom is -0.493 e. The highest BCUT2D eigenvalue weighted by atomic mass is 16.5. The summed E-state index contributed by atoms with van der Waals surface area (Å²) in [4.78, 5) is 13.9. The van der Waals surface area contributed by atoms with Crippen molar-refractivity contribution in [3.05, 3.63) is 35.5 Å². The first kappa shape index (κ1) is 19.2. The monoisotopic (exact) mass is 371 g/mol. The number of benzene rings is 1. The van der Waals surface area contributed by atoms with E-state index in [-0.39, 0.29) is 0 Å². The summed E-state index contributed by atoms with van der Waals surface area (Å²) in [5.74, 6) is 3.19. The van der Waals surface area contributed by atoms with Crippen LogP contribution in [0.4, 0.5) is 11.8 Å². The summed E-state index contributed by atoms with van der Waals surface area (Å²) in [6.45, 7) is 6.81. The topological polar surface area (TPSA) is 62.8 Å². The second kappa shape index (κ2) is 8.90. The summed E-state index contributed by atoms with van der Waals surface area (Å²) >= 11 is 0. The first-order valence-electron chi connectivity index (χ1n) is 9.33. The largest absolute Gasteiger partial charge is 0.493 e. The average molecular weight is 371 g/mol. The molecule has 0 radical (unpaired) electrons. The van der Waals surface area contributed by atoms with E-state index in [2.05, 4.69) is 33.2 Å². The van der Waals surface area contributed by atoms with E-state index in [0.29, 0.717) is 0 Å². The van der Waals surface area contributed by atoms with Crippen LogP contribution in [-0.2, 0) is 6.42 Å². The van der Waals surface area contributed by atoms with Crippen molar-refractivity contribution >= 4 is 11.8 Å². The van der Waals surface area contributed by atoms with Crippen LogP contribution >= 0.6 is 0 Å². The van der Waals surface area contributed by atoms with Gasteiger partial charge in [-0.05, 0) is 38.1 Å². The summed E-state index contributed by atoms with van der Waals surface area (Å²) in [5.41, 5.74) is 2.16. The first-order chi connectivity index (χ1) is 13.1. The Morgan fingerprint density at radius 3 is 2.44 bits per heavy atom. The summed E-state index contributed by atoms with van der Waals surface area (Å²) in [5, 5.41) is 3.43. The highest BCUT2D eigenvalue weighted by molar-refractivity contribution is 5.45. The number of anilines is 2. The van der Waals surface area contributed by atoms with Gasteiger partial charge in [-0.25, -0.2) is 4.98 Å². The highest BCUT2D eigenvalue weighted by Gasteiger charge is 2.17. The molecule has 2 heterocycles. The number of aryl methyl sites for hydroxylation is 1. The summed E-state index contributed by atoms with van der Waals surface area (Å²) in [6.07, 6.45) is 0.868. The van der Waals surface area contributed by atoms with E-state index in [4.69, 9.17) is 14.5 Å². The summed E-state index contributed by atoms with van der Waals surface area (Å²) in [7, 11) is 5.45. The van der Waals surface area contributed by atoms with Gasteiger partial charge >= 0.3 is 0 Å². The van der Waals surface area contributed by atoms with Gasteiger partial charge in [0.15, 0.2) is 11.5 Å². The van der Waals surface area contributed by atoms with Crippen molar-refractivity contribution in [2.45, 2.75) is 13.3 Å². The molecule has 146 valence electrons. The van der Waals surface area contributed by atoms with Crippen molar-refractivity contribution in [2.75, 3.05) is 64.2 Å². The molecule has 3 rings (SSSR count). The number of methoxy groups -OCH3 is 2. The Balaban J connectivity index is 1.61. The highest BCUT2D eigenvalue weighted by Crippen LogP contribution is 2.27. The number of hydrogen-bond acceptors (Lipinski definition) is 7. The van der Waals surface area contributed by atoms with Gasteiger partial charge in [-0.2, -0.15) is 4.98 Å². The van der Waals surface area contributed by atoms with Gasteiger partial charge in [0.1, 0.15) is 5.82 Å². The number of aromatic nitrogens is 2. The molecule has 1 aromatic carbocycles. The Labute approximate surface area is 161 Å². The van der Waals surface area contributed by atoms with Crippen LogP contribution in [0.3, 0.4) is 0 Å². The van der Waals surface area contributed by atoms with E-state index in [0.717, 1.165) is 68.1 Å². The second-order valence-corrected chi connectivity index (χ2v) is 6.85. The molecular formula is C20H29N5O2. The third-order valence-corrected chi connectivity index (χ3v) is 4.80. The number of rotatable bonds is 7. The Bertz CT molecular complexity index is 760. The van der Waals surface area contributed by atoms with E-state index in [9.17, 15) is 0 Å². The predicted octanol–water partition coefficient (Wildman–Crippen LogP) is 2.21. The first-order valence-corrected chi connectivity index (χ1v) is 9.33. The van der Waals surface area contributed by atoms with Gasteiger partial charge in [0, 0.05) is 44.5 Å². The van der Waals surface area contributed by atoms with Crippen LogP contribution in [0, 0.1) is 6.92 Å². The van der Waals surface area contributed by atoms with Gasteiger partial charge in [-0.3, -0.25) is 0 Å². The zero-order valence-corrected chi connectivity index (χ0v) is 16.7. The van der Waals surface area contributed by atoms with Gasteiger partial charge in [0.05, 0.1) is 14.2 Å². The quantitative estimate of drug-likeness (QED) is 0.800. The zero-order chi connectivity index (χ0) is 19.2. The van der Waals surface area contributed by atoms with Crippen molar-refractivity contribution in [3.63, 3.8) is 0 Å². The second-order valence-electron chi connectivity index (χ2n) is 6.85. The maximum absolute atomic E-state index is 5.37. The number of nitrogens with zero attached hydrogens (tertiary/aromatic N) is 4. The molecule has 1 saturated heterocycles. The van der Waals surface area contributed by atoms with E-state index < -0.39 is 0 Å². The van der Waals surface area contributed by atoms with Crippen LogP contribution in [0.1, 0.15) is 11.3 Å². The maximum atomic E-state index is 5.37. The van der Waals surface area contributed by atoms with E-state index in [1.165, 1.54) is 5.56 Å². The Kier molecular flexibility index (Phi) is 6.34. The Morgan fingerprint density at radius 1 is 1.00 bits per heavy atom. The van der Waals surface area contributed by atoms with Crippen molar-refractivity contribution in [1.82, 2.24) is 14.9 Å². The smallest absolute Gasteiger partial charge is 0.227 e. The van der Waals surface area contributed by atoms with Crippen molar-refractivity contribution in [3.8, 4) is 11.5 Å².